The predicted octanol–water partition coefficient (Wildman–Crippen LogP) is 3.15. The fourth-order valence-electron chi connectivity index (χ4n) is 3.61. The van der Waals surface area contributed by atoms with Crippen molar-refractivity contribution in [3.05, 3.63) is 66.2 Å². The van der Waals surface area contributed by atoms with Crippen LogP contribution in [0.25, 0.3) is 0 Å². The van der Waals surface area contributed by atoms with Crippen LogP contribution in [0.1, 0.15) is 34.8 Å². The summed E-state index contributed by atoms with van der Waals surface area (Å²) in [4.78, 5) is 15.1. The number of nitrogens with zero attached hydrogens (tertiary/aromatic N) is 1. The lowest BCUT2D eigenvalue weighted by atomic mass is 10.0. The average molecular weight is 431 g/mol. The molecule has 7 nitrogen and oxygen atoms in total. The molecule has 0 bridgehead atoms. The number of hydrogen-bond acceptors (Lipinski definition) is 5. The van der Waals surface area contributed by atoms with E-state index in [0.29, 0.717) is 23.6 Å². The summed E-state index contributed by atoms with van der Waals surface area (Å²) < 4.78 is 37.5. The molecule has 1 atom stereocenters. The number of sulfonamides is 1. The summed E-state index contributed by atoms with van der Waals surface area (Å²) in [6.45, 7) is 4.28. The van der Waals surface area contributed by atoms with Crippen LogP contribution < -0.4 is 14.2 Å². The molecule has 0 aromatic heterocycles. The van der Waals surface area contributed by atoms with Gasteiger partial charge in [-0.15, -0.1) is 6.58 Å². The number of methoxy groups -OCH3 is 2. The Hall–Kier alpha value is -2.84. The van der Waals surface area contributed by atoms with Crippen molar-refractivity contribution in [1.29, 1.82) is 0 Å². The molecule has 0 saturated carbocycles. The van der Waals surface area contributed by atoms with Crippen LogP contribution in [0.3, 0.4) is 0 Å². The number of carbonyl (C=O) groups excluding carboxylic acids is 1. The van der Waals surface area contributed by atoms with Crippen molar-refractivity contribution in [3.63, 3.8) is 0 Å². The van der Waals surface area contributed by atoms with Gasteiger partial charge in [0.05, 0.1) is 25.2 Å². The van der Waals surface area contributed by atoms with Gasteiger partial charge in [-0.1, -0.05) is 12.1 Å². The SMILES string of the molecule is C=CCNS(=O)(=O)c1ccc(C(=O)N2CCCC2c2ccc(OC)c(OC)c2)cc1. The first-order valence-corrected chi connectivity index (χ1v) is 11.1. The molecule has 2 aromatic carbocycles. The molecule has 8 heteroatoms. The van der Waals surface area contributed by atoms with Gasteiger partial charge in [-0.05, 0) is 54.8 Å². The molecule has 1 unspecified atom stereocenters. The maximum absolute atomic E-state index is 13.1. The number of likely N-dealkylation sites (tertiary alicyclic amines) is 1. The van der Waals surface area contributed by atoms with Crippen LogP contribution in [0.4, 0.5) is 0 Å². The topological polar surface area (TPSA) is 84.9 Å². The van der Waals surface area contributed by atoms with Gasteiger partial charge in [0, 0.05) is 18.7 Å². The van der Waals surface area contributed by atoms with E-state index >= 15 is 0 Å². The Bertz CT molecular complexity index is 1020. The van der Waals surface area contributed by atoms with Crippen molar-refractivity contribution in [2.45, 2.75) is 23.8 Å². The first-order valence-electron chi connectivity index (χ1n) is 9.64. The number of benzene rings is 2. The van der Waals surface area contributed by atoms with Gasteiger partial charge < -0.3 is 14.4 Å². The van der Waals surface area contributed by atoms with E-state index in [2.05, 4.69) is 11.3 Å². The number of carbonyl (C=O) groups is 1. The van der Waals surface area contributed by atoms with Gasteiger partial charge in [0.2, 0.25) is 10.0 Å². The molecular weight excluding hydrogens is 404 g/mol. The van der Waals surface area contributed by atoms with Crippen LogP contribution in [0.15, 0.2) is 60.0 Å². The standard InChI is InChI=1S/C22H26N2O5S/c1-4-13-23-30(26,27)18-10-7-16(8-11-18)22(25)24-14-5-6-19(24)17-9-12-20(28-2)21(15-17)29-3/h4,7-12,15,19,23H,1,5-6,13-14H2,2-3H3. The van der Waals surface area contributed by atoms with Crippen LogP contribution in [-0.2, 0) is 10.0 Å². The minimum absolute atomic E-state index is 0.0741. The van der Waals surface area contributed by atoms with Crippen molar-refractivity contribution >= 4 is 15.9 Å². The highest BCUT2D eigenvalue weighted by molar-refractivity contribution is 7.89. The largest absolute Gasteiger partial charge is 0.493 e. The molecule has 3 rings (SSSR count). The van der Waals surface area contributed by atoms with E-state index in [1.54, 1.807) is 26.4 Å². The van der Waals surface area contributed by atoms with Crippen LogP contribution in [0.2, 0.25) is 0 Å². The van der Waals surface area contributed by atoms with E-state index in [-0.39, 0.29) is 23.4 Å². The van der Waals surface area contributed by atoms with Gasteiger partial charge in [0.1, 0.15) is 0 Å². The quantitative estimate of drug-likeness (QED) is 0.651. The van der Waals surface area contributed by atoms with Crippen LogP contribution >= 0.6 is 0 Å². The van der Waals surface area contributed by atoms with Gasteiger partial charge >= 0.3 is 0 Å². The maximum atomic E-state index is 13.1. The fourth-order valence-corrected chi connectivity index (χ4v) is 4.61. The van der Waals surface area contributed by atoms with E-state index in [0.717, 1.165) is 18.4 Å². The molecule has 0 radical (unpaired) electrons. The van der Waals surface area contributed by atoms with Crippen molar-refractivity contribution < 1.29 is 22.7 Å². The van der Waals surface area contributed by atoms with Crippen LogP contribution in [0.5, 0.6) is 11.5 Å². The summed E-state index contributed by atoms with van der Waals surface area (Å²) in [6.07, 6.45) is 3.21. The molecule has 1 fully saturated rings. The minimum atomic E-state index is -3.62. The second-order valence-corrected chi connectivity index (χ2v) is 8.70. The van der Waals surface area contributed by atoms with Gasteiger partial charge in [0.25, 0.3) is 5.91 Å². The molecule has 1 saturated heterocycles. The predicted molar refractivity (Wildman–Crippen MR) is 114 cm³/mol. The highest BCUT2D eigenvalue weighted by atomic mass is 32.2. The monoisotopic (exact) mass is 430 g/mol. The Morgan fingerprint density at radius 1 is 1.17 bits per heavy atom. The summed E-state index contributed by atoms with van der Waals surface area (Å²) in [5, 5.41) is 0. The number of rotatable bonds is 8. The highest BCUT2D eigenvalue weighted by Gasteiger charge is 2.31. The van der Waals surface area contributed by atoms with Gasteiger partial charge in [0.15, 0.2) is 11.5 Å². The molecule has 0 spiro atoms. The third-order valence-corrected chi connectivity index (χ3v) is 6.57. The number of hydrogen-bond donors (Lipinski definition) is 1. The Morgan fingerprint density at radius 2 is 1.87 bits per heavy atom. The second kappa shape index (κ2) is 9.32. The molecule has 160 valence electrons. The Balaban J connectivity index is 1.81. The van der Waals surface area contributed by atoms with E-state index < -0.39 is 10.0 Å². The Morgan fingerprint density at radius 3 is 2.50 bits per heavy atom. The minimum Gasteiger partial charge on any atom is -0.493 e. The lowest BCUT2D eigenvalue weighted by Gasteiger charge is -2.26. The lowest BCUT2D eigenvalue weighted by molar-refractivity contribution is 0.0735. The van der Waals surface area contributed by atoms with Gasteiger partial charge in [-0.25, -0.2) is 13.1 Å². The van der Waals surface area contributed by atoms with E-state index in [1.807, 2.05) is 23.1 Å². The summed E-state index contributed by atoms with van der Waals surface area (Å²) in [5.41, 5.74) is 1.43. The molecule has 1 heterocycles. The number of ether oxygens (including phenoxy) is 2. The zero-order valence-electron chi connectivity index (χ0n) is 17.1. The first-order chi connectivity index (χ1) is 14.4. The zero-order chi connectivity index (χ0) is 21.7. The molecular formula is C22H26N2O5S. The summed E-state index contributed by atoms with van der Waals surface area (Å²) in [5.74, 6) is 1.13. The number of nitrogens with one attached hydrogen (secondary N) is 1. The van der Waals surface area contributed by atoms with E-state index in [9.17, 15) is 13.2 Å². The summed E-state index contributed by atoms with van der Waals surface area (Å²) in [6, 6.07) is 11.6. The zero-order valence-corrected chi connectivity index (χ0v) is 17.9. The molecule has 30 heavy (non-hydrogen) atoms. The van der Waals surface area contributed by atoms with Crippen molar-refractivity contribution in [2.75, 3.05) is 27.3 Å². The Labute approximate surface area is 177 Å². The highest BCUT2D eigenvalue weighted by Crippen LogP contribution is 2.37. The summed E-state index contributed by atoms with van der Waals surface area (Å²) >= 11 is 0. The smallest absolute Gasteiger partial charge is 0.254 e. The third-order valence-electron chi connectivity index (χ3n) is 5.14. The molecule has 1 amide bonds. The van der Waals surface area contributed by atoms with E-state index in [1.165, 1.54) is 18.2 Å². The second-order valence-electron chi connectivity index (χ2n) is 6.94. The third kappa shape index (κ3) is 4.49. The van der Waals surface area contributed by atoms with Crippen molar-refractivity contribution in [3.8, 4) is 11.5 Å². The van der Waals surface area contributed by atoms with Crippen molar-refractivity contribution in [1.82, 2.24) is 9.62 Å². The molecule has 0 aliphatic carbocycles. The van der Waals surface area contributed by atoms with Crippen molar-refractivity contribution in [2.24, 2.45) is 0 Å². The summed E-state index contributed by atoms with van der Waals surface area (Å²) in [7, 11) is -0.459. The normalized spacial score (nSPS) is 16.3. The molecule has 1 aliphatic heterocycles. The lowest BCUT2D eigenvalue weighted by Crippen LogP contribution is -2.30. The van der Waals surface area contributed by atoms with Crippen LogP contribution in [-0.4, -0.2) is 46.5 Å². The average Bonchev–Trinajstić information content (AvgIpc) is 3.26. The van der Waals surface area contributed by atoms with Gasteiger partial charge in [-0.2, -0.15) is 0 Å². The molecule has 1 N–H and O–H groups in total. The van der Waals surface area contributed by atoms with E-state index in [4.69, 9.17) is 9.47 Å². The fraction of sp³-hybridized carbons (Fsp3) is 0.318. The first kappa shape index (κ1) is 21.9. The van der Waals surface area contributed by atoms with Crippen LogP contribution in [0, 0.1) is 0 Å². The molecule has 1 aliphatic rings. The Kier molecular flexibility index (Phi) is 6.79. The number of amides is 1. The maximum Gasteiger partial charge on any atom is 0.254 e. The molecule has 2 aromatic rings. The van der Waals surface area contributed by atoms with Gasteiger partial charge in [-0.3, -0.25) is 4.79 Å².